The molecule has 0 aliphatic carbocycles. The van der Waals surface area contributed by atoms with E-state index in [-0.39, 0.29) is 26.5 Å². The lowest BCUT2D eigenvalue weighted by Gasteiger charge is -2.13. The summed E-state index contributed by atoms with van der Waals surface area (Å²) in [6.07, 6.45) is 0. The molecule has 14 heavy (non-hydrogen) atoms. The Kier molecular flexibility index (Phi) is 3.51. The number of phenols is 1. The first-order valence-corrected chi connectivity index (χ1v) is 5.06. The Morgan fingerprint density at radius 2 is 1.57 bits per heavy atom. The highest BCUT2D eigenvalue weighted by Gasteiger charge is 2.22. The summed E-state index contributed by atoms with van der Waals surface area (Å²) in [4.78, 5) is 0. The Hall–Kier alpha value is -0.180. The van der Waals surface area contributed by atoms with Gasteiger partial charge in [0, 0.05) is 5.56 Å². The highest BCUT2D eigenvalue weighted by Crippen LogP contribution is 2.44. The van der Waals surface area contributed by atoms with Crippen LogP contribution in [0.25, 0.3) is 0 Å². The van der Waals surface area contributed by atoms with Gasteiger partial charge in [-0.25, -0.2) is 4.39 Å². The summed E-state index contributed by atoms with van der Waals surface area (Å²) in [5.41, 5.74) is 0.179. The van der Waals surface area contributed by atoms with Crippen LogP contribution in [0.1, 0.15) is 25.3 Å². The van der Waals surface area contributed by atoms with Crippen LogP contribution >= 0.6 is 34.8 Å². The van der Waals surface area contributed by atoms with Crippen LogP contribution in [-0.4, -0.2) is 5.11 Å². The van der Waals surface area contributed by atoms with Crippen molar-refractivity contribution < 1.29 is 9.50 Å². The molecule has 0 saturated carbocycles. The van der Waals surface area contributed by atoms with Gasteiger partial charge in [-0.1, -0.05) is 48.7 Å². The molecule has 1 aromatic rings. The van der Waals surface area contributed by atoms with Gasteiger partial charge in [0.2, 0.25) is 0 Å². The number of rotatable bonds is 1. The first kappa shape index (κ1) is 11.9. The second-order valence-corrected chi connectivity index (χ2v) is 4.31. The maximum atomic E-state index is 13.5. The van der Waals surface area contributed by atoms with Crippen molar-refractivity contribution in [2.45, 2.75) is 19.8 Å². The van der Waals surface area contributed by atoms with Crippen molar-refractivity contribution >= 4 is 34.8 Å². The molecule has 0 unspecified atom stereocenters. The molecule has 0 atom stereocenters. The van der Waals surface area contributed by atoms with Gasteiger partial charge in [-0.15, -0.1) is 0 Å². The predicted molar refractivity (Wildman–Crippen MR) is 57.2 cm³/mol. The van der Waals surface area contributed by atoms with Crippen LogP contribution < -0.4 is 0 Å². The van der Waals surface area contributed by atoms with E-state index in [2.05, 4.69) is 0 Å². The van der Waals surface area contributed by atoms with E-state index in [0.717, 1.165) is 0 Å². The van der Waals surface area contributed by atoms with E-state index in [1.165, 1.54) is 0 Å². The average Bonchev–Trinajstić information content (AvgIpc) is 2.11. The summed E-state index contributed by atoms with van der Waals surface area (Å²) in [5.74, 6) is -1.63. The van der Waals surface area contributed by atoms with Gasteiger partial charge >= 0.3 is 0 Å². The predicted octanol–water partition coefficient (Wildman–Crippen LogP) is 4.61. The highest BCUT2D eigenvalue weighted by atomic mass is 35.5. The quantitative estimate of drug-likeness (QED) is 0.575. The minimum Gasteiger partial charge on any atom is -0.504 e. The Morgan fingerprint density at radius 1 is 1.07 bits per heavy atom. The third kappa shape index (κ3) is 1.79. The lowest BCUT2D eigenvalue weighted by Crippen LogP contribution is -1.96. The molecular formula is C9H8Cl3FO. The summed E-state index contributed by atoms with van der Waals surface area (Å²) in [6, 6.07) is 0. The number of phenolic OH excluding ortho intramolecular Hbond substituents is 1. The summed E-state index contributed by atoms with van der Waals surface area (Å²) in [5, 5.41) is 9.08. The van der Waals surface area contributed by atoms with Gasteiger partial charge < -0.3 is 5.11 Å². The van der Waals surface area contributed by atoms with Crippen molar-refractivity contribution in [3.05, 3.63) is 26.4 Å². The van der Waals surface area contributed by atoms with Crippen LogP contribution in [-0.2, 0) is 0 Å². The van der Waals surface area contributed by atoms with Crippen molar-refractivity contribution in [3.8, 4) is 5.75 Å². The Bertz CT molecular complexity index is 348. The van der Waals surface area contributed by atoms with Crippen molar-refractivity contribution in [1.82, 2.24) is 0 Å². The molecule has 1 aromatic carbocycles. The van der Waals surface area contributed by atoms with Gasteiger partial charge in [0.15, 0.2) is 11.6 Å². The Morgan fingerprint density at radius 3 is 2.00 bits per heavy atom. The molecule has 0 aliphatic rings. The fraction of sp³-hybridized carbons (Fsp3) is 0.333. The Balaban J connectivity index is 3.60. The summed E-state index contributed by atoms with van der Waals surface area (Å²) in [6.45, 7) is 3.49. The number of hydrogen-bond acceptors (Lipinski definition) is 1. The van der Waals surface area contributed by atoms with Crippen LogP contribution in [0.5, 0.6) is 5.75 Å². The van der Waals surface area contributed by atoms with E-state index >= 15 is 0 Å². The van der Waals surface area contributed by atoms with Crippen LogP contribution in [0.3, 0.4) is 0 Å². The number of hydrogen-bond donors (Lipinski definition) is 1. The van der Waals surface area contributed by atoms with Crippen molar-refractivity contribution in [2.24, 2.45) is 0 Å². The fourth-order valence-electron chi connectivity index (χ4n) is 1.15. The minimum atomic E-state index is -0.806. The summed E-state index contributed by atoms with van der Waals surface area (Å²) in [7, 11) is 0. The third-order valence-corrected chi connectivity index (χ3v) is 3.18. The van der Waals surface area contributed by atoms with E-state index in [9.17, 15) is 9.50 Å². The lowest BCUT2D eigenvalue weighted by molar-refractivity contribution is 0.427. The monoisotopic (exact) mass is 256 g/mol. The molecule has 1 rings (SSSR count). The topological polar surface area (TPSA) is 20.2 Å². The molecule has 0 bridgehead atoms. The number of aromatic hydroxyl groups is 1. The largest absolute Gasteiger partial charge is 0.504 e. The maximum absolute atomic E-state index is 13.5. The second kappa shape index (κ2) is 4.13. The van der Waals surface area contributed by atoms with Crippen molar-refractivity contribution in [2.75, 3.05) is 0 Å². The van der Waals surface area contributed by atoms with Crippen molar-refractivity contribution in [3.63, 3.8) is 0 Å². The molecule has 1 N–H and O–H groups in total. The van der Waals surface area contributed by atoms with Gasteiger partial charge in [-0.05, 0) is 5.92 Å². The zero-order valence-electron chi connectivity index (χ0n) is 7.54. The molecule has 5 heteroatoms. The van der Waals surface area contributed by atoms with Gasteiger partial charge in [-0.3, -0.25) is 0 Å². The van der Waals surface area contributed by atoms with Crippen LogP contribution in [0.2, 0.25) is 15.1 Å². The molecule has 0 fully saturated rings. The van der Waals surface area contributed by atoms with Gasteiger partial charge in [0.25, 0.3) is 0 Å². The second-order valence-electron chi connectivity index (χ2n) is 3.17. The summed E-state index contributed by atoms with van der Waals surface area (Å²) < 4.78 is 13.5. The van der Waals surface area contributed by atoms with Crippen LogP contribution in [0, 0.1) is 5.82 Å². The van der Waals surface area contributed by atoms with Gasteiger partial charge in [-0.2, -0.15) is 0 Å². The molecule has 0 amide bonds. The molecule has 0 heterocycles. The molecule has 1 nitrogen and oxygen atoms in total. The molecule has 0 aliphatic heterocycles. The maximum Gasteiger partial charge on any atom is 0.172 e. The number of halogens is 4. The first-order chi connectivity index (χ1) is 6.37. The molecule has 0 aromatic heterocycles. The normalized spacial score (nSPS) is 11.1. The van der Waals surface area contributed by atoms with E-state index in [0.29, 0.717) is 0 Å². The molecular weight excluding hydrogens is 249 g/mol. The lowest BCUT2D eigenvalue weighted by atomic mass is 10.0. The molecule has 0 spiro atoms. The first-order valence-electron chi connectivity index (χ1n) is 3.92. The van der Waals surface area contributed by atoms with Crippen LogP contribution in [0.15, 0.2) is 0 Å². The van der Waals surface area contributed by atoms with Gasteiger partial charge in [0.1, 0.15) is 5.02 Å². The third-order valence-electron chi connectivity index (χ3n) is 1.85. The van der Waals surface area contributed by atoms with Gasteiger partial charge in [0.05, 0.1) is 10.0 Å². The smallest absolute Gasteiger partial charge is 0.172 e. The van der Waals surface area contributed by atoms with E-state index in [1.54, 1.807) is 13.8 Å². The molecule has 78 valence electrons. The molecule has 0 saturated heterocycles. The van der Waals surface area contributed by atoms with Crippen LogP contribution in [0.4, 0.5) is 4.39 Å². The summed E-state index contributed by atoms with van der Waals surface area (Å²) >= 11 is 17.1. The minimum absolute atomic E-state index is 0.0177. The SMILES string of the molecule is CC(C)c1c(F)c(O)c(Cl)c(Cl)c1Cl. The Labute approximate surface area is 96.4 Å². The number of benzene rings is 1. The molecule has 0 radical (unpaired) electrons. The van der Waals surface area contributed by atoms with E-state index < -0.39 is 11.6 Å². The zero-order valence-corrected chi connectivity index (χ0v) is 9.80. The standard InChI is InChI=1S/C9H8Cl3FO/c1-3(2)4-5(10)6(11)7(12)9(14)8(4)13/h3,14H,1-2H3. The zero-order chi connectivity index (χ0) is 11.0. The highest BCUT2D eigenvalue weighted by molar-refractivity contribution is 6.49. The average molecular weight is 258 g/mol. The van der Waals surface area contributed by atoms with E-state index in [1.807, 2.05) is 0 Å². The van der Waals surface area contributed by atoms with E-state index in [4.69, 9.17) is 34.8 Å². The van der Waals surface area contributed by atoms with Crippen molar-refractivity contribution in [1.29, 1.82) is 0 Å². The fourth-order valence-corrected chi connectivity index (χ4v) is 1.96.